The summed E-state index contributed by atoms with van der Waals surface area (Å²) in [6.07, 6.45) is 1.80. The van der Waals surface area contributed by atoms with Crippen molar-refractivity contribution < 1.29 is 28.6 Å². The number of methoxy groups -OCH3 is 1. The summed E-state index contributed by atoms with van der Waals surface area (Å²) < 4.78 is 15.6. The summed E-state index contributed by atoms with van der Waals surface area (Å²) in [6.45, 7) is 4.58. The second-order valence-electron chi connectivity index (χ2n) is 6.81. The van der Waals surface area contributed by atoms with Gasteiger partial charge >= 0.3 is 11.9 Å². The third kappa shape index (κ3) is 8.01. The summed E-state index contributed by atoms with van der Waals surface area (Å²) >= 11 is 0. The fraction of sp³-hybridized carbons (Fsp3) is 0.579. The monoisotopic (exact) mass is 395 g/mol. The van der Waals surface area contributed by atoms with Gasteiger partial charge in [0.15, 0.2) is 6.10 Å². The number of hydrogen-bond acceptors (Lipinski definition) is 8. The van der Waals surface area contributed by atoms with E-state index >= 15 is 0 Å². The lowest BCUT2D eigenvalue weighted by Gasteiger charge is -2.32. The molecule has 1 heterocycles. The van der Waals surface area contributed by atoms with Crippen molar-refractivity contribution in [2.45, 2.75) is 26.4 Å². The van der Waals surface area contributed by atoms with Crippen LogP contribution >= 0.6 is 0 Å². The SMILES string of the molecule is CNCCOC(=O)CCNC(=O)[C@H](OC(=O)c1cccnc1)C(C)(C)COC. The van der Waals surface area contributed by atoms with Crippen LogP contribution in [0.1, 0.15) is 30.6 Å². The number of esters is 2. The van der Waals surface area contributed by atoms with E-state index in [4.69, 9.17) is 14.2 Å². The number of rotatable bonds is 12. The van der Waals surface area contributed by atoms with Gasteiger partial charge in [-0.25, -0.2) is 4.79 Å². The Kier molecular flexibility index (Phi) is 10.1. The van der Waals surface area contributed by atoms with Gasteiger partial charge in [0.2, 0.25) is 0 Å². The Morgan fingerprint density at radius 2 is 2.00 bits per heavy atom. The van der Waals surface area contributed by atoms with Crippen molar-refractivity contribution in [1.82, 2.24) is 15.6 Å². The van der Waals surface area contributed by atoms with Gasteiger partial charge in [0.25, 0.3) is 5.91 Å². The molecule has 9 nitrogen and oxygen atoms in total. The van der Waals surface area contributed by atoms with E-state index in [0.29, 0.717) is 6.54 Å². The molecule has 0 saturated heterocycles. The van der Waals surface area contributed by atoms with E-state index in [1.54, 1.807) is 33.0 Å². The zero-order chi connectivity index (χ0) is 21.0. The molecule has 0 aromatic carbocycles. The van der Waals surface area contributed by atoms with Gasteiger partial charge in [-0.2, -0.15) is 0 Å². The number of nitrogens with zero attached hydrogens (tertiary/aromatic N) is 1. The molecule has 156 valence electrons. The maximum Gasteiger partial charge on any atom is 0.340 e. The number of ether oxygens (including phenoxy) is 3. The molecule has 9 heteroatoms. The number of hydrogen-bond donors (Lipinski definition) is 2. The van der Waals surface area contributed by atoms with Gasteiger partial charge in [-0.05, 0) is 19.2 Å². The average molecular weight is 395 g/mol. The van der Waals surface area contributed by atoms with Crippen molar-refractivity contribution in [3.63, 3.8) is 0 Å². The lowest BCUT2D eigenvalue weighted by atomic mass is 9.86. The van der Waals surface area contributed by atoms with Gasteiger partial charge in [0.1, 0.15) is 6.61 Å². The minimum absolute atomic E-state index is 0.0173. The van der Waals surface area contributed by atoms with Crippen LogP contribution in [0.4, 0.5) is 0 Å². The molecule has 2 N–H and O–H groups in total. The maximum atomic E-state index is 12.7. The van der Waals surface area contributed by atoms with Crippen molar-refractivity contribution in [2.75, 3.05) is 40.5 Å². The summed E-state index contributed by atoms with van der Waals surface area (Å²) in [5.41, 5.74) is -0.550. The van der Waals surface area contributed by atoms with E-state index in [-0.39, 0.29) is 31.7 Å². The van der Waals surface area contributed by atoms with Gasteiger partial charge < -0.3 is 24.8 Å². The lowest BCUT2D eigenvalue weighted by Crippen LogP contribution is -2.49. The molecule has 0 aliphatic rings. The average Bonchev–Trinajstić information content (AvgIpc) is 2.66. The third-order valence-corrected chi connectivity index (χ3v) is 3.83. The highest BCUT2D eigenvalue weighted by atomic mass is 16.6. The van der Waals surface area contributed by atoms with Gasteiger partial charge in [-0.3, -0.25) is 14.6 Å². The Morgan fingerprint density at radius 1 is 1.25 bits per heavy atom. The second kappa shape index (κ2) is 12.0. The van der Waals surface area contributed by atoms with Crippen molar-refractivity contribution >= 4 is 17.8 Å². The maximum absolute atomic E-state index is 12.7. The summed E-state index contributed by atoms with van der Waals surface area (Å²) in [7, 11) is 3.25. The quantitative estimate of drug-likeness (QED) is 0.389. The van der Waals surface area contributed by atoms with E-state index in [1.165, 1.54) is 19.5 Å². The van der Waals surface area contributed by atoms with E-state index in [9.17, 15) is 14.4 Å². The van der Waals surface area contributed by atoms with Crippen LogP contribution < -0.4 is 10.6 Å². The van der Waals surface area contributed by atoms with Crippen molar-refractivity contribution in [3.8, 4) is 0 Å². The normalized spacial score (nSPS) is 12.1. The fourth-order valence-electron chi connectivity index (χ4n) is 2.39. The van der Waals surface area contributed by atoms with E-state index in [1.807, 2.05) is 0 Å². The predicted molar refractivity (Wildman–Crippen MR) is 102 cm³/mol. The van der Waals surface area contributed by atoms with Crippen LogP contribution in [0.15, 0.2) is 24.5 Å². The number of carbonyl (C=O) groups is 3. The highest BCUT2D eigenvalue weighted by molar-refractivity contribution is 5.92. The molecule has 0 aliphatic carbocycles. The van der Waals surface area contributed by atoms with Crippen LogP contribution in [0.25, 0.3) is 0 Å². The van der Waals surface area contributed by atoms with E-state index in [0.717, 1.165) is 0 Å². The molecule has 28 heavy (non-hydrogen) atoms. The first-order chi connectivity index (χ1) is 13.3. The van der Waals surface area contributed by atoms with Gasteiger partial charge in [0, 0.05) is 38.0 Å². The summed E-state index contributed by atoms with van der Waals surface area (Å²) in [6, 6.07) is 3.15. The second-order valence-corrected chi connectivity index (χ2v) is 6.81. The van der Waals surface area contributed by atoms with E-state index < -0.39 is 29.4 Å². The first-order valence-corrected chi connectivity index (χ1v) is 8.99. The number of aromatic nitrogens is 1. The smallest absolute Gasteiger partial charge is 0.340 e. The predicted octanol–water partition coefficient (Wildman–Crippen LogP) is 0.549. The Bertz CT molecular complexity index is 636. The van der Waals surface area contributed by atoms with Gasteiger partial charge in [0.05, 0.1) is 18.6 Å². The number of likely N-dealkylation sites (N-methyl/N-ethyl adjacent to an activating group) is 1. The molecule has 0 saturated carbocycles. The van der Waals surface area contributed by atoms with Gasteiger partial charge in [-0.15, -0.1) is 0 Å². The van der Waals surface area contributed by atoms with Crippen molar-refractivity contribution in [2.24, 2.45) is 5.41 Å². The molecule has 0 bridgehead atoms. The first-order valence-electron chi connectivity index (χ1n) is 8.99. The van der Waals surface area contributed by atoms with Crippen LogP contribution in [0.2, 0.25) is 0 Å². The standard InChI is InChI=1S/C19H29N3O6/c1-19(2,13-26-4)16(28-18(25)14-6-5-8-21-12-14)17(24)22-9-7-15(23)27-11-10-20-3/h5-6,8,12,16,20H,7,9-11,13H2,1-4H3,(H,22,24)/t16-/m0/s1. The molecule has 0 fully saturated rings. The van der Waals surface area contributed by atoms with Crippen LogP contribution in [0.3, 0.4) is 0 Å². The zero-order valence-electron chi connectivity index (χ0n) is 16.8. The Hall–Kier alpha value is -2.52. The topological polar surface area (TPSA) is 116 Å². The molecular weight excluding hydrogens is 366 g/mol. The lowest BCUT2D eigenvalue weighted by molar-refractivity contribution is -0.143. The van der Waals surface area contributed by atoms with Crippen molar-refractivity contribution in [1.29, 1.82) is 0 Å². The molecule has 1 aromatic heterocycles. The van der Waals surface area contributed by atoms with Crippen LogP contribution in [-0.2, 0) is 23.8 Å². The molecular formula is C19H29N3O6. The minimum Gasteiger partial charge on any atom is -0.464 e. The summed E-state index contributed by atoms with van der Waals surface area (Å²) in [5, 5.41) is 5.48. The van der Waals surface area contributed by atoms with Crippen LogP contribution in [-0.4, -0.2) is 69.4 Å². The third-order valence-electron chi connectivity index (χ3n) is 3.83. The van der Waals surface area contributed by atoms with Crippen LogP contribution in [0, 0.1) is 5.41 Å². The molecule has 0 radical (unpaired) electrons. The highest BCUT2D eigenvalue weighted by Gasteiger charge is 2.39. The number of amides is 1. The molecule has 1 rings (SSSR count). The zero-order valence-corrected chi connectivity index (χ0v) is 16.8. The van der Waals surface area contributed by atoms with Crippen molar-refractivity contribution in [3.05, 3.63) is 30.1 Å². The molecule has 1 amide bonds. The first kappa shape index (κ1) is 23.5. The molecule has 0 aliphatic heterocycles. The minimum atomic E-state index is -1.11. The number of pyridine rings is 1. The Labute approximate surface area is 165 Å². The summed E-state index contributed by atoms with van der Waals surface area (Å²) in [5.74, 6) is -1.60. The Balaban J connectivity index is 2.70. The fourth-order valence-corrected chi connectivity index (χ4v) is 2.39. The highest BCUT2D eigenvalue weighted by Crippen LogP contribution is 2.25. The molecule has 1 atom stereocenters. The summed E-state index contributed by atoms with van der Waals surface area (Å²) in [4.78, 5) is 40.5. The number of nitrogens with one attached hydrogen (secondary N) is 2. The van der Waals surface area contributed by atoms with Crippen LogP contribution in [0.5, 0.6) is 0 Å². The molecule has 0 spiro atoms. The number of carbonyl (C=O) groups excluding carboxylic acids is 3. The Morgan fingerprint density at radius 3 is 2.61 bits per heavy atom. The van der Waals surface area contributed by atoms with Gasteiger partial charge in [-0.1, -0.05) is 13.8 Å². The van der Waals surface area contributed by atoms with E-state index in [2.05, 4.69) is 15.6 Å². The molecule has 0 unspecified atom stereocenters. The molecule has 1 aromatic rings. The largest absolute Gasteiger partial charge is 0.464 e.